The molecule has 1 aliphatic heterocycles. The summed E-state index contributed by atoms with van der Waals surface area (Å²) in [5.41, 5.74) is 1.16. The minimum Gasteiger partial charge on any atom is -0.473 e. The number of ether oxygens (including phenoxy) is 1. The topological polar surface area (TPSA) is 34.1 Å². The van der Waals surface area contributed by atoms with Gasteiger partial charge in [0.1, 0.15) is 6.10 Å². The number of nitrogens with zero attached hydrogens (tertiary/aromatic N) is 1. The molecule has 1 aromatic heterocycles. The number of rotatable bonds is 2. The van der Waals surface area contributed by atoms with Gasteiger partial charge in [-0.25, -0.2) is 4.98 Å². The second-order valence-corrected chi connectivity index (χ2v) is 4.71. The van der Waals surface area contributed by atoms with Crippen molar-refractivity contribution in [3.63, 3.8) is 0 Å². The fraction of sp³-hybridized carbons (Fsp3) is 0.545. The number of pyridine rings is 1. The molecule has 0 radical (unpaired) electrons. The second kappa shape index (κ2) is 4.94. The highest BCUT2D eigenvalue weighted by Crippen LogP contribution is 2.20. The summed E-state index contributed by atoms with van der Waals surface area (Å²) >= 11 is 3.42. The predicted molar refractivity (Wildman–Crippen MR) is 63.2 cm³/mol. The largest absolute Gasteiger partial charge is 0.473 e. The van der Waals surface area contributed by atoms with Gasteiger partial charge in [-0.15, -0.1) is 0 Å². The number of halogens is 1. The molecule has 0 saturated carbocycles. The van der Waals surface area contributed by atoms with Crippen molar-refractivity contribution in [1.82, 2.24) is 10.3 Å². The van der Waals surface area contributed by atoms with E-state index in [9.17, 15) is 0 Å². The van der Waals surface area contributed by atoms with Gasteiger partial charge in [0.05, 0.1) is 0 Å². The Morgan fingerprint density at radius 1 is 1.60 bits per heavy atom. The molecular weight excluding hydrogens is 256 g/mol. The van der Waals surface area contributed by atoms with Gasteiger partial charge in [0.25, 0.3) is 0 Å². The molecule has 4 heteroatoms. The van der Waals surface area contributed by atoms with Crippen LogP contribution in [0.3, 0.4) is 0 Å². The molecule has 1 aliphatic rings. The summed E-state index contributed by atoms with van der Waals surface area (Å²) in [7, 11) is 0. The Hall–Kier alpha value is -0.610. The van der Waals surface area contributed by atoms with Crippen LogP contribution in [0.15, 0.2) is 16.7 Å². The van der Waals surface area contributed by atoms with E-state index >= 15 is 0 Å². The third kappa shape index (κ3) is 2.92. The van der Waals surface area contributed by atoms with Crippen LogP contribution in [-0.2, 0) is 0 Å². The molecule has 1 atom stereocenters. The smallest absolute Gasteiger partial charge is 0.213 e. The second-order valence-electron chi connectivity index (χ2n) is 3.86. The Balaban J connectivity index is 2.00. The first kappa shape index (κ1) is 10.9. The summed E-state index contributed by atoms with van der Waals surface area (Å²) in [5.74, 6) is 0.726. The highest BCUT2D eigenvalue weighted by Gasteiger charge is 2.14. The zero-order chi connectivity index (χ0) is 10.7. The SMILES string of the molecule is Cc1cc(O[C@H]2CCCNC2)ncc1Br. The molecule has 1 aromatic rings. The van der Waals surface area contributed by atoms with E-state index in [2.05, 4.69) is 26.2 Å². The van der Waals surface area contributed by atoms with Crippen molar-refractivity contribution in [3.05, 3.63) is 22.3 Å². The molecule has 0 aliphatic carbocycles. The van der Waals surface area contributed by atoms with Crippen molar-refractivity contribution in [1.29, 1.82) is 0 Å². The van der Waals surface area contributed by atoms with Crippen molar-refractivity contribution in [2.24, 2.45) is 0 Å². The lowest BCUT2D eigenvalue weighted by Crippen LogP contribution is -2.37. The van der Waals surface area contributed by atoms with Gasteiger partial charge in [-0.3, -0.25) is 0 Å². The Bertz CT molecular complexity index is 337. The summed E-state index contributed by atoms with van der Waals surface area (Å²) in [4.78, 5) is 4.24. The number of aryl methyl sites for hydroxylation is 1. The van der Waals surface area contributed by atoms with E-state index in [1.807, 2.05) is 13.0 Å². The molecule has 0 aromatic carbocycles. The number of piperidine rings is 1. The highest BCUT2D eigenvalue weighted by molar-refractivity contribution is 9.10. The molecule has 0 spiro atoms. The third-order valence-electron chi connectivity index (χ3n) is 2.56. The van der Waals surface area contributed by atoms with Gasteiger partial charge in [-0.1, -0.05) is 0 Å². The molecule has 3 nitrogen and oxygen atoms in total. The maximum atomic E-state index is 5.80. The fourth-order valence-electron chi connectivity index (χ4n) is 1.67. The van der Waals surface area contributed by atoms with Crippen LogP contribution in [0.4, 0.5) is 0 Å². The molecule has 1 fully saturated rings. The maximum Gasteiger partial charge on any atom is 0.213 e. The average molecular weight is 271 g/mol. The molecular formula is C11H15BrN2O. The van der Waals surface area contributed by atoms with Crippen LogP contribution in [0.5, 0.6) is 5.88 Å². The zero-order valence-corrected chi connectivity index (χ0v) is 10.4. The lowest BCUT2D eigenvalue weighted by Gasteiger charge is -2.23. The molecule has 2 rings (SSSR count). The normalized spacial score (nSPS) is 21.3. The molecule has 0 bridgehead atoms. The molecule has 0 amide bonds. The van der Waals surface area contributed by atoms with E-state index in [1.165, 1.54) is 6.42 Å². The van der Waals surface area contributed by atoms with E-state index in [0.29, 0.717) is 0 Å². The molecule has 1 saturated heterocycles. The van der Waals surface area contributed by atoms with Crippen molar-refractivity contribution >= 4 is 15.9 Å². The van der Waals surface area contributed by atoms with Crippen molar-refractivity contribution in [3.8, 4) is 5.88 Å². The van der Waals surface area contributed by atoms with Crippen LogP contribution in [0.25, 0.3) is 0 Å². The Morgan fingerprint density at radius 3 is 3.13 bits per heavy atom. The monoisotopic (exact) mass is 270 g/mol. The van der Waals surface area contributed by atoms with Gasteiger partial charge in [0.15, 0.2) is 0 Å². The highest BCUT2D eigenvalue weighted by atomic mass is 79.9. The predicted octanol–water partition coefficient (Wildman–Crippen LogP) is 2.28. The van der Waals surface area contributed by atoms with E-state index < -0.39 is 0 Å². The Kier molecular flexibility index (Phi) is 3.59. The Morgan fingerprint density at radius 2 is 2.47 bits per heavy atom. The van der Waals surface area contributed by atoms with Gasteiger partial charge in [0, 0.05) is 23.3 Å². The summed E-state index contributed by atoms with van der Waals surface area (Å²) in [6, 6.07) is 1.97. The van der Waals surface area contributed by atoms with E-state index in [0.717, 1.165) is 35.4 Å². The van der Waals surface area contributed by atoms with Gasteiger partial charge in [-0.2, -0.15) is 0 Å². The lowest BCUT2D eigenvalue weighted by molar-refractivity contribution is 0.160. The number of aromatic nitrogens is 1. The van der Waals surface area contributed by atoms with Crippen molar-refractivity contribution in [2.45, 2.75) is 25.9 Å². The number of hydrogen-bond acceptors (Lipinski definition) is 3. The minimum atomic E-state index is 0.270. The molecule has 2 heterocycles. The van der Waals surface area contributed by atoms with Crippen LogP contribution >= 0.6 is 15.9 Å². The summed E-state index contributed by atoms with van der Waals surface area (Å²) in [5, 5.41) is 3.32. The van der Waals surface area contributed by atoms with Gasteiger partial charge < -0.3 is 10.1 Å². The van der Waals surface area contributed by atoms with E-state index in [-0.39, 0.29) is 6.10 Å². The van der Waals surface area contributed by atoms with Crippen LogP contribution in [0.1, 0.15) is 18.4 Å². The van der Waals surface area contributed by atoms with Gasteiger partial charge in [-0.05, 0) is 47.8 Å². The summed E-state index contributed by atoms with van der Waals surface area (Å²) < 4.78 is 6.82. The lowest BCUT2D eigenvalue weighted by atomic mass is 10.1. The van der Waals surface area contributed by atoms with E-state index in [1.54, 1.807) is 6.20 Å². The quantitative estimate of drug-likeness (QED) is 0.896. The van der Waals surface area contributed by atoms with Crippen LogP contribution in [0.2, 0.25) is 0 Å². The molecule has 0 unspecified atom stereocenters. The maximum absolute atomic E-state index is 5.80. The first-order chi connectivity index (χ1) is 7.25. The van der Waals surface area contributed by atoms with Crippen LogP contribution in [-0.4, -0.2) is 24.2 Å². The molecule has 1 N–H and O–H groups in total. The summed E-state index contributed by atoms with van der Waals surface area (Å²) in [6.07, 6.45) is 4.36. The average Bonchev–Trinajstić information content (AvgIpc) is 2.25. The number of hydrogen-bond donors (Lipinski definition) is 1. The fourth-order valence-corrected chi connectivity index (χ4v) is 1.89. The summed E-state index contributed by atoms with van der Waals surface area (Å²) in [6.45, 7) is 4.07. The molecule has 82 valence electrons. The van der Waals surface area contributed by atoms with Crippen LogP contribution < -0.4 is 10.1 Å². The first-order valence-corrected chi connectivity index (χ1v) is 6.04. The van der Waals surface area contributed by atoms with E-state index in [4.69, 9.17) is 4.74 Å². The van der Waals surface area contributed by atoms with Crippen LogP contribution in [0, 0.1) is 6.92 Å². The zero-order valence-electron chi connectivity index (χ0n) is 8.79. The van der Waals surface area contributed by atoms with Gasteiger partial charge in [0.2, 0.25) is 5.88 Å². The minimum absolute atomic E-state index is 0.270. The standard InChI is InChI=1S/C11H15BrN2O/c1-8-5-11(14-7-10(8)12)15-9-3-2-4-13-6-9/h5,7,9,13H,2-4,6H2,1H3/t9-/m0/s1. The van der Waals surface area contributed by atoms with Crippen molar-refractivity contribution < 1.29 is 4.74 Å². The molecule has 15 heavy (non-hydrogen) atoms. The number of nitrogens with one attached hydrogen (secondary N) is 1. The first-order valence-electron chi connectivity index (χ1n) is 5.25. The van der Waals surface area contributed by atoms with Gasteiger partial charge >= 0.3 is 0 Å². The third-order valence-corrected chi connectivity index (χ3v) is 3.39. The Labute approximate surface area is 98.4 Å². The van der Waals surface area contributed by atoms with Crippen molar-refractivity contribution in [2.75, 3.05) is 13.1 Å².